The summed E-state index contributed by atoms with van der Waals surface area (Å²) in [5.41, 5.74) is 0.429. The molecule has 2 atom stereocenters. The number of sulfonamides is 1. The fourth-order valence-corrected chi connectivity index (χ4v) is 4.63. The SMILES string of the molecule is CC[C@@H](NC(=O)[C@@H](C)N(c1cccc(C(F)(F)F)c1)S(C)(=O)=O)c1ccc(OC)c(C)c1. The zero-order chi connectivity index (χ0) is 24.3. The van der Waals surface area contributed by atoms with Crippen LogP contribution in [0.5, 0.6) is 5.75 Å². The molecule has 32 heavy (non-hydrogen) atoms. The van der Waals surface area contributed by atoms with Gasteiger partial charge in [-0.3, -0.25) is 9.10 Å². The molecule has 0 aliphatic carbocycles. The summed E-state index contributed by atoms with van der Waals surface area (Å²) >= 11 is 0. The highest BCUT2D eigenvalue weighted by Gasteiger charge is 2.34. The average molecular weight is 473 g/mol. The van der Waals surface area contributed by atoms with Crippen molar-refractivity contribution in [3.05, 3.63) is 59.2 Å². The minimum Gasteiger partial charge on any atom is -0.496 e. The Morgan fingerprint density at radius 3 is 2.34 bits per heavy atom. The largest absolute Gasteiger partial charge is 0.496 e. The van der Waals surface area contributed by atoms with E-state index < -0.39 is 39.8 Å². The zero-order valence-corrected chi connectivity index (χ0v) is 19.3. The lowest BCUT2D eigenvalue weighted by Gasteiger charge is -2.30. The van der Waals surface area contributed by atoms with E-state index in [1.165, 1.54) is 13.0 Å². The second-order valence-corrected chi connectivity index (χ2v) is 9.34. The molecule has 176 valence electrons. The van der Waals surface area contributed by atoms with Crippen LogP contribution in [0, 0.1) is 6.92 Å². The van der Waals surface area contributed by atoms with Crippen molar-refractivity contribution in [3.63, 3.8) is 0 Å². The van der Waals surface area contributed by atoms with E-state index in [1.807, 2.05) is 19.9 Å². The number of methoxy groups -OCH3 is 1. The van der Waals surface area contributed by atoms with Gasteiger partial charge in [0.2, 0.25) is 15.9 Å². The van der Waals surface area contributed by atoms with Crippen LogP contribution in [0.4, 0.5) is 18.9 Å². The van der Waals surface area contributed by atoms with Crippen molar-refractivity contribution in [2.45, 2.75) is 45.5 Å². The van der Waals surface area contributed by atoms with E-state index in [9.17, 15) is 26.4 Å². The van der Waals surface area contributed by atoms with Crippen molar-refractivity contribution in [3.8, 4) is 5.75 Å². The lowest BCUT2D eigenvalue weighted by molar-refractivity contribution is -0.137. The number of aryl methyl sites for hydroxylation is 1. The quantitative estimate of drug-likeness (QED) is 0.616. The number of alkyl halides is 3. The third kappa shape index (κ3) is 5.93. The molecule has 6 nitrogen and oxygen atoms in total. The fourth-order valence-electron chi connectivity index (χ4n) is 3.46. The maximum Gasteiger partial charge on any atom is 0.416 e. The Bertz CT molecular complexity index is 1070. The molecule has 0 aliphatic rings. The molecule has 2 aromatic carbocycles. The van der Waals surface area contributed by atoms with Gasteiger partial charge in [-0.2, -0.15) is 13.2 Å². The minimum atomic E-state index is -4.65. The minimum absolute atomic E-state index is 0.238. The molecule has 0 saturated carbocycles. The predicted molar refractivity (Wildman–Crippen MR) is 117 cm³/mol. The van der Waals surface area contributed by atoms with Gasteiger partial charge in [0.05, 0.1) is 30.7 Å². The molecular weight excluding hydrogens is 445 g/mol. The number of ether oxygens (including phenoxy) is 1. The van der Waals surface area contributed by atoms with Crippen molar-refractivity contribution < 1.29 is 31.1 Å². The third-order valence-corrected chi connectivity index (χ3v) is 6.30. The molecule has 0 fully saturated rings. The molecule has 1 N–H and O–H groups in total. The lowest BCUT2D eigenvalue weighted by Crippen LogP contribution is -2.48. The van der Waals surface area contributed by atoms with Crippen LogP contribution in [0.2, 0.25) is 0 Å². The highest BCUT2D eigenvalue weighted by atomic mass is 32.2. The summed E-state index contributed by atoms with van der Waals surface area (Å²) in [6, 6.07) is 7.63. The van der Waals surface area contributed by atoms with Crippen LogP contribution in [0.3, 0.4) is 0 Å². The van der Waals surface area contributed by atoms with E-state index in [0.717, 1.165) is 35.6 Å². The van der Waals surface area contributed by atoms with Crippen LogP contribution >= 0.6 is 0 Å². The molecule has 2 rings (SSSR count). The Kier molecular flexibility index (Phi) is 7.82. The zero-order valence-electron chi connectivity index (χ0n) is 18.5. The Labute approximate surface area is 186 Å². The van der Waals surface area contributed by atoms with E-state index in [1.54, 1.807) is 19.2 Å². The number of amides is 1. The van der Waals surface area contributed by atoms with Gasteiger partial charge in [-0.15, -0.1) is 0 Å². The van der Waals surface area contributed by atoms with E-state index in [-0.39, 0.29) is 5.69 Å². The molecule has 0 aliphatic heterocycles. The Balaban J connectivity index is 2.35. The van der Waals surface area contributed by atoms with Crippen LogP contribution < -0.4 is 14.4 Å². The van der Waals surface area contributed by atoms with E-state index in [4.69, 9.17) is 4.74 Å². The first-order valence-electron chi connectivity index (χ1n) is 9.91. The molecule has 0 radical (unpaired) electrons. The summed E-state index contributed by atoms with van der Waals surface area (Å²) in [6.45, 7) is 5.05. The van der Waals surface area contributed by atoms with Gasteiger partial charge in [-0.25, -0.2) is 8.42 Å². The molecular formula is C22H27F3N2O4S. The van der Waals surface area contributed by atoms with Gasteiger partial charge in [-0.05, 0) is 55.7 Å². The number of anilines is 1. The van der Waals surface area contributed by atoms with Gasteiger partial charge in [0.15, 0.2) is 0 Å². The van der Waals surface area contributed by atoms with Gasteiger partial charge in [-0.1, -0.05) is 25.1 Å². The number of rotatable bonds is 8. The topological polar surface area (TPSA) is 75.7 Å². The second-order valence-electron chi connectivity index (χ2n) is 7.48. The van der Waals surface area contributed by atoms with Crippen LogP contribution in [-0.4, -0.2) is 33.7 Å². The molecule has 0 bridgehead atoms. The van der Waals surface area contributed by atoms with E-state index in [2.05, 4.69) is 5.32 Å². The normalized spacial score (nSPS) is 13.9. The van der Waals surface area contributed by atoms with Crippen molar-refractivity contribution in [2.75, 3.05) is 17.7 Å². The van der Waals surface area contributed by atoms with Crippen molar-refractivity contribution in [1.29, 1.82) is 0 Å². The molecule has 2 aromatic rings. The lowest BCUT2D eigenvalue weighted by atomic mass is 10.0. The number of hydrogen-bond donors (Lipinski definition) is 1. The summed E-state index contributed by atoms with van der Waals surface area (Å²) in [5, 5.41) is 2.81. The van der Waals surface area contributed by atoms with Gasteiger partial charge >= 0.3 is 6.18 Å². The van der Waals surface area contributed by atoms with Gasteiger partial charge in [0.1, 0.15) is 11.8 Å². The average Bonchev–Trinajstić information content (AvgIpc) is 2.70. The smallest absolute Gasteiger partial charge is 0.416 e. The highest BCUT2D eigenvalue weighted by Crippen LogP contribution is 2.33. The summed E-state index contributed by atoms with van der Waals surface area (Å²) in [5.74, 6) is 0.0595. The van der Waals surface area contributed by atoms with Gasteiger partial charge in [0, 0.05) is 0 Å². The van der Waals surface area contributed by atoms with Crippen LogP contribution in [0.15, 0.2) is 42.5 Å². The fraction of sp³-hybridized carbons (Fsp3) is 0.409. The summed E-state index contributed by atoms with van der Waals surface area (Å²) < 4.78 is 70.2. The van der Waals surface area contributed by atoms with Crippen molar-refractivity contribution >= 4 is 21.6 Å². The maximum atomic E-state index is 13.1. The Hall–Kier alpha value is -2.75. The summed E-state index contributed by atoms with van der Waals surface area (Å²) in [4.78, 5) is 13.0. The van der Waals surface area contributed by atoms with Gasteiger partial charge in [0.25, 0.3) is 0 Å². The van der Waals surface area contributed by atoms with Crippen molar-refractivity contribution in [2.24, 2.45) is 0 Å². The molecule has 1 amide bonds. The summed E-state index contributed by atoms with van der Waals surface area (Å²) in [7, 11) is -2.51. The van der Waals surface area contributed by atoms with E-state index in [0.29, 0.717) is 16.5 Å². The molecule has 0 heterocycles. The first-order chi connectivity index (χ1) is 14.8. The first-order valence-corrected chi connectivity index (χ1v) is 11.8. The first kappa shape index (κ1) is 25.5. The number of halogens is 3. The van der Waals surface area contributed by atoms with Crippen molar-refractivity contribution in [1.82, 2.24) is 5.32 Å². The standard InChI is InChI=1S/C22H27F3N2O4S/c1-6-19(16-10-11-20(31-4)14(2)12-16)26-21(28)15(3)27(32(5,29)30)18-9-7-8-17(13-18)22(23,24)25/h7-13,15,19H,6H2,1-5H3,(H,26,28)/t15-,19-/m1/s1. The molecule has 0 unspecified atom stereocenters. The maximum absolute atomic E-state index is 13.1. The number of benzene rings is 2. The molecule has 0 spiro atoms. The Morgan fingerprint density at radius 2 is 1.84 bits per heavy atom. The number of carbonyl (C=O) groups excluding carboxylic acids is 1. The molecule has 0 aromatic heterocycles. The number of nitrogens with one attached hydrogen (secondary N) is 1. The predicted octanol–water partition coefficient (Wildman–Crippen LogP) is 4.44. The Morgan fingerprint density at radius 1 is 1.19 bits per heavy atom. The highest BCUT2D eigenvalue weighted by molar-refractivity contribution is 7.92. The van der Waals surface area contributed by atoms with Crippen LogP contribution in [-0.2, 0) is 21.0 Å². The number of carbonyl (C=O) groups is 1. The molecule has 0 saturated heterocycles. The number of hydrogen-bond acceptors (Lipinski definition) is 4. The van der Waals surface area contributed by atoms with Gasteiger partial charge < -0.3 is 10.1 Å². The third-order valence-electron chi connectivity index (χ3n) is 5.06. The van der Waals surface area contributed by atoms with E-state index >= 15 is 0 Å². The monoisotopic (exact) mass is 472 g/mol. The van der Waals surface area contributed by atoms with Crippen LogP contribution in [0.25, 0.3) is 0 Å². The molecule has 10 heteroatoms. The summed E-state index contributed by atoms with van der Waals surface area (Å²) in [6.07, 6.45) is -3.28. The number of nitrogens with zero attached hydrogens (tertiary/aromatic N) is 1. The second kappa shape index (κ2) is 9.81. The van der Waals surface area contributed by atoms with Crippen LogP contribution in [0.1, 0.15) is 43.0 Å².